The average Bonchev–Trinajstić information content (AvgIpc) is 3.23. The lowest BCUT2D eigenvalue weighted by Gasteiger charge is -2.20. The van der Waals surface area contributed by atoms with Crippen molar-refractivity contribution in [2.75, 3.05) is 28.4 Å². The highest BCUT2D eigenvalue weighted by Gasteiger charge is 2.21. The monoisotopic (exact) mass is 398 g/mol. The van der Waals surface area contributed by atoms with E-state index in [1.54, 1.807) is 44.7 Å². The molecule has 7 heteroatoms. The maximum atomic E-state index is 12.8. The third-order valence-electron chi connectivity index (χ3n) is 4.28. The van der Waals surface area contributed by atoms with Gasteiger partial charge >= 0.3 is 0 Å². The third kappa shape index (κ3) is 3.94. The van der Waals surface area contributed by atoms with Gasteiger partial charge in [0, 0.05) is 30.1 Å². The van der Waals surface area contributed by atoms with Crippen molar-refractivity contribution < 1.29 is 19.0 Å². The number of carbonyl (C=O) groups excluding carboxylic acids is 1. The minimum Gasteiger partial charge on any atom is -0.493 e. The molecule has 1 amide bonds. The second kappa shape index (κ2) is 8.75. The van der Waals surface area contributed by atoms with E-state index in [0.29, 0.717) is 29.5 Å². The van der Waals surface area contributed by atoms with Gasteiger partial charge in [0.1, 0.15) is 10.7 Å². The van der Waals surface area contributed by atoms with Crippen molar-refractivity contribution in [2.24, 2.45) is 0 Å². The van der Waals surface area contributed by atoms with Crippen LogP contribution in [0.2, 0.25) is 0 Å². The van der Waals surface area contributed by atoms with Crippen LogP contribution in [0.4, 0.5) is 0 Å². The van der Waals surface area contributed by atoms with Gasteiger partial charge in [-0.15, -0.1) is 11.3 Å². The molecule has 0 fully saturated rings. The first-order chi connectivity index (χ1) is 13.6. The van der Waals surface area contributed by atoms with Gasteiger partial charge in [0.15, 0.2) is 11.5 Å². The molecule has 28 heavy (non-hydrogen) atoms. The fraction of sp³-hybridized carbons (Fsp3) is 0.238. The van der Waals surface area contributed by atoms with E-state index in [4.69, 9.17) is 14.2 Å². The molecule has 0 saturated heterocycles. The summed E-state index contributed by atoms with van der Waals surface area (Å²) < 4.78 is 16.2. The van der Waals surface area contributed by atoms with E-state index in [1.807, 2.05) is 36.4 Å². The fourth-order valence-corrected chi connectivity index (χ4v) is 3.70. The summed E-state index contributed by atoms with van der Waals surface area (Å²) in [6, 6.07) is 13.5. The van der Waals surface area contributed by atoms with Crippen molar-refractivity contribution in [1.29, 1.82) is 0 Å². The maximum Gasteiger partial charge on any atom is 0.273 e. The molecular formula is C21H22N2O4S. The lowest BCUT2D eigenvalue weighted by Crippen LogP contribution is -2.26. The summed E-state index contributed by atoms with van der Waals surface area (Å²) in [6.07, 6.45) is 0. The first-order valence-electron chi connectivity index (χ1n) is 8.63. The van der Waals surface area contributed by atoms with Crippen LogP contribution < -0.4 is 14.2 Å². The van der Waals surface area contributed by atoms with Gasteiger partial charge < -0.3 is 19.1 Å². The van der Waals surface area contributed by atoms with Crippen LogP contribution in [-0.4, -0.2) is 44.2 Å². The molecule has 6 nitrogen and oxygen atoms in total. The SMILES string of the molecule is COc1ccc(CN(C)C(=O)c2csc(-c3ccccc3)n2)c(OC)c1OC. The van der Waals surface area contributed by atoms with Gasteiger partial charge in [-0.05, 0) is 12.1 Å². The molecule has 0 bridgehead atoms. The Labute approximate surface area is 168 Å². The van der Waals surface area contributed by atoms with Crippen molar-refractivity contribution in [1.82, 2.24) is 9.88 Å². The number of hydrogen-bond acceptors (Lipinski definition) is 6. The summed E-state index contributed by atoms with van der Waals surface area (Å²) in [4.78, 5) is 18.9. The van der Waals surface area contributed by atoms with Crippen molar-refractivity contribution in [3.8, 4) is 27.8 Å². The van der Waals surface area contributed by atoms with Crippen LogP contribution in [-0.2, 0) is 6.54 Å². The fourth-order valence-electron chi connectivity index (χ4n) is 2.90. The van der Waals surface area contributed by atoms with E-state index in [1.165, 1.54) is 11.3 Å². The average molecular weight is 398 g/mol. The Morgan fingerprint density at radius 1 is 1.00 bits per heavy atom. The quantitative estimate of drug-likeness (QED) is 0.599. The Morgan fingerprint density at radius 2 is 1.71 bits per heavy atom. The molecular weight excluding hydrogens is 376 g/mol. The third-order valence-corrected chi connectivity index (χ3v) is 5.18. The zero-order valence-electron chi connectivity index (χ0n) is 16.3. The van der Waals surface area contributed by atoms with Crippen LogP contribution in [0.25, 0.3) is 10.6 Å². The molecule has 0 atom stereocenters. The molecule has 146 valence electrons. The minimum absolute atomic E-state index is 0.157. The molecule has 3 aromatic rings. The van der Waals surface area contributed by atoms with Gasteiger partial charge in [-0.25, -0.2) is 4.98 Å². The molecule has 1 aromatic heterocycles. The highest BCUT2D eigenvalue weighted by atomic mass is 32.1. The van der Waals surface area contributed by atoms with E-state index >= 15 is 0 Å². The number of benzene rings is 2. The first kappa shape index (κ1) is 19.7. The minimum atomic E-state index is -0.157. The number of nitrogens with zero attached hydrogens (tertiary/aromatic N) is 2. The van der Waals surface area contributed by atoms with Crippen LogP contribution >= 0.6 is 11.3 Å². The van der Waals surface area contributed by atoms with Crippen LogP contribution in [0, 0.1) is 0 Å². The second-order valence-electron chi connectivity index (χ2n) is 6.06. The summed E-state index contributed by atoms with van der Waals surface area (Å²) in [5.74, 6) is 1.47. The molecule has 0 spiro atoms. The number of amides is 1. The lowest BCUT2D eigenvalue weighted by molar-refractivity contribution is 0.0779. The van der Waals surface area contributed by atoms with Crippen molar-refractivity contribution in [3.63, 3.8) is 0 Å². The predicted octanol–water partition coefficient (Wildman–Crippen LogP) is 4.11. The molecule has 0 radical (unpaired) electrons. The van der Waals surface area contributed by atoms with Gasteiger partial charge in [-0.2, -0.15) is 0 Å². The van der Waals surface area contributed by atoms with Crippen molar-refractivity contribution in [3.05, 3.63) is 59.1 Å². The van der Waals surface area contributed by atoms with Crippen LogP contribution in [0.15, 0.2) is 47.8 Å². The van der Waals surface area contributed by atoms with E-state index in [-0.39, 0.29) is 5.91 Å². The number of methoxy groups -OCH3 is 3. The van der Waals surface area contributed by atoms with Crippen molar-refractivity contribution in [2.45, 2.75) is 6.54 Å². The van der Waals surface area contributed by atoms with Gasteiger partial charge in [0.25, 0.3) is 5.91 Å². The molecule has 0 saturated carbocycles. The normalized spacial score (nSPS) is 10.4. The van der Waals surface area contributed by atoms with Gasteiger partial charge in [0.05, 0.1) is 21.3 Å². The largest absolute Gasteiger partial charge is 0.493 e. The Morgan fingerprint density at radius 3 is 2.36 bits per heavy atom. The van der Waals surface area contributed by atoms with Gasteiger partial charge in [0.2, 0.25) is 5.75 Å². The summed E-state index contributed by atoms with van der Waals surface area (Å²) in [6.45, 7) is 0.348. The molecule has 0 aliphatic carbocycles. The predicted molar refractivity (Wildman–Crippen MR) is 109 cm³/mol. The van der Waals surface area contributed by atoms with E-state index in [0.717, 1.165) is 16.1 Å². The van der Waals surface area contributed by atoms with Gasteiger partial charge in [-0.1, -0.05) is 30.3 Å². The topological polar surface area (TPSA) is 60.9 Å². The Balaban J connectivity index is 1.81. The number of aromatic nitrogens is 1. The van der Waals surface area contributed by atoms with E-state index in [9.17, 15) is 4.79 Å². The summed E-state index contributed by atoms with van der Waals surface area (Å²) in [7, 11) is 6.42. The summed E-state index contributed by atoms with van der Waals surface area (Å²) in [5, 5.41) is 2.61. The summed E-state index contributed by atoms with van der Waals surface area (Å²) >= 11 is 1.45. The Bertz CT molecular complexity index is 956. The smallest absolute Gasteiger partial charge is 0.273 e. The number of rotatable bonds is 7. The highest BCUT2D eigenvalue weighted by Crippen LogP contribution is 2.40. The number of thiazole rings is 1. The zero-order chi connectivity index (χ0) is 20.1. The molecule has 3 rings (SSSR count). The van der Waals surface area contributed by atoms with Gasteiger partial charge in [-0.3, -0.25) is 4.79 Å². The summed E-state index contributed by atoms with van der Waals surface area (Å²) in [5.41, 5.74) is 2.23. The van der Waals surface area contributed by atoms with E-state index < -0.39 is 0 Å². The molecule has 1 heterocycles. The zero-order valence-corrected chi connectivity index (χ0v) is 17.1. The Hall–Kier alpha value is -3.06. The standard InChI is InChI=1S/C21H22N2O4S/c1-23(12-15-10-11-17(25-2)19(27-4)18(15)26-3)21(24)16-13-28-20(22-16)14-8-6-5-7-9-14/h5-11,13H,12H2,1-4H3. The van der Waals surface area contributed by atoms with Crippen LogP contribution in [0.3, 0.4) is 0 Å². The van der Waals surface area contributed by atoms with E-state index in [2.05, 4.69) is 4.98 Å². The number of ether oxygens (including phenoxy) is 3. The molecule has 0 aliphatic rings. The number of hydrogen-bond donors (Lipinski definition) is 0. The van der Waals surface area contributed by atoms with Crippen LogP contribution in [0.5, 0.6) is 17.2 Å². The second-order valence-corrected chi connectivity index (χ2v) is 6.92. The van der Waals surface area contributed by atoms with Crippen LogP contribution in [0.1, 0.15) is 16.1 Å². The lowest BCUT2D eigenvalue weighted by atomic mass is 10.1. The molecule has 0 unspecified atom stereocenters. The maximum absolute atomic E-state index is 12.8. The molecule has 2 aromatic carbocycles. The number of carbonyl (C=O) groups is 1. The molecule has 0 aliphatic heterocycles. The Kier molecular flexibility index (Phi) is 6.16. The highest BCUT2D eigenvalue weighted by molar-refractivity contribution is 7.13. The van der Waals surface area contributed by atoms with Crippen molar-refractivity contribution >= 4 is 17.2 Å². The first-order valence-corrected chi connectivity index (χ1v) is 9.51. The molecule has 0 N–H and O–H groups in total.